The van der Waals surface area contributed by atoms with Gasteiger partial charge in [-0.15, -0.1) is 0 Å². The van der Waals surface area contributed by atoms with Gasteiger partial charge in [-0.3, -0.25) is 14.4 Å². The van der Waals surface area contributed by atoms with Crippen LogP contribution in [0.5, 0.6) is 5.75 Å². The third kappa shape index (κ3) is 8.95. The number of carbonyl (C=O) groups excluding carboxylic acids is 1. The van der Waals surface area contributed by atoms with Gasteiger partial charge in [-0.2, -0.15) is 0 Å². The van der Waals surface area contributed by atoms with Crippen molar-refractivity contribution < 1.29 is 18.5 Å². The predicted molar refractivity (Wildman–Crippen MR) is 205 cm³/mol. The van der Waals surface area contributed by atoms with Gasteiger partial charge in [0.2, 0.25) is 0 Å². The first-order valence-electron chi connectivity index (χ1n) is 18.9. The van der Waals surface area contributed by atoms with Gasteiger partial charge in [0.25, 0.3) is 5.91 Å². The Kier molecular flexibility index (Phi) is 13.0. The number of ether oxygens (including phenoxy) is 2. The van der Waals surface area contributed by atoms with Gasteiger partial charge in [0.05, 0.1) is 24.2 Å². The first-order valence-corrected chi connectivity index (χ1v) is 20.4. The predicted octanol–water partition coefficient (Wildman–Crippen LogP) is 6.56. The molecule has 2 fully saturated rings. The van der Waals surface area contributed by atoms with E-state index in [-0.39, 0.29) is 23.0 Å². The molecule has 274 valence electrons. The molecule has 1 saturated heterocycles. The van der Waals surface area contributed by atoms with Crippen molar-refractivity contribution in [2.24, 2.45) is 23.7 Å². The Bertz CT molecular complexity index is 1510. The number of halogens is 1. The fourth-order valence-corrected chi connectivity index (χ4v) is 9.50. The van der Waals surface area contributed by atoms with E-state index in [0.29, 0.717) is 29.9 Å². The summed E-state index contributed by atoms with van der Waals surface area (Å²) < 4.78 is 28.1. The lowest BCUT2D eigenvalue weighted by atomic mass is 9.66. The molecule has 0 spiro atoms. The smallest absolute Gasteiger partial charge is 0.263 e. The summed E-state index contributed by atoms with van der Waals surface area (Å²) in [5.74, 6) is 2.39. The molecule has 3 heterocycles. The average molecular weight is 725 g/mol. The molecule has 3 aliphatic heterocycles. The number of nitrogens with zero attached hydrogens (tertiary/aromatic N) is 3. The van der Waals surface area contributed by atoms with E-state index in [1.54, 1.807) is 7.11 Å². The Morgan fingerprint density at radius 3 is 2.58 bits per heavy atom. The maximum atomic E-state index is 13.5. The maximum absolute atomic E-state index is 13.5. The highest BCUT2D eigenvalue weighted by atomic mass is 35.5. The summed E-state index contributed by atoms with van der Waals surface area (Å²) in [6.45, 7) is 15.8. The van der Waals surface area contributed by atoms with E-state index in [1.165, 1.54) is 24.0 Å². The zero-order valence-corrected chi connectivity index (χ0v) is 32.0. The second-order valence-electron chi connectivity index (χ2n) is 15.1. The largest absolute Gasteiger partial charge is 0.491 e. The molecule has 8 nitrogen and oxygen atoms in total. The molecule has 2 aromatic rings. The number of amides is 1. The van der Waals surface area contributed by atoms with Crippen molar-refractivity contribution in [3.63, 3.8) is 0 Å². The minimum Gasteiger partial charge on any atom is -0.491 e. The first kappa shape index (κ1) is 37.3. The molecule has 4 aliphatic rings. The van der Waals surface area contributed by atoms with E-state index in [4.69, 9.17) is 21.1 Å². The topological polar surface area (TPSA) is 74.3 Å². The zero-order chi connectivity index (χ0) is 35.2. The van der Waals surface area contributed by atoms with Gasteiger partial charge in [0.1, 0.15) is 16.7 Å². The third-order valence-electron chi connectivity index (χ3n) is 11.8. The molecule has 7 atom stereocenters. The van der Waals surface area contributed by atoms with Gasteiger partial charge in [-0.1, -0.05) is 50.1 Å². The number of carbonyl (C=O) groups is 1. The van der Waals surface area contributed by atoms with Crippen molar-refractivity contribution in [2.45, 2.75) is 64.0 Å². The lowest BCUT2D eigenvalue weighted by Crippen LogP contribution is -2.50. The zero-order valence-electron chi connectivity index (χ0n) is 30.5. The molecule has 2 aromatic carbocycles. The van der Waals surface area contributed by atoms with Crippen LogP contribution in [0.25, 0.3) is 0 Å². The van der Waals surface area contributed by atoms with Crippen molar-refractivity contribution in [2.75, 3.05) is 77.6 Å². The summed E-state index contributed by atoms with van der Waals surface area (Å²) in [5.41, 5.74) is 4.05. The van der Waals surface area contributed by atoms with Gasteiger partial charge in [-0.25, -0.2) is 4.21 Å². The Hall–Kier alpha value is -2.43. The molecule has 0 radical (unpaired) electrons. The van der Waals surface area contributed by atoms with E-state index >= 15 is 0 Å². The summed E-state index contributed by atoms with van der Waals surface area (Å²) in [5, 5.41) is 0.592. The van der Waals surface area contributed by atoms with E-state index in [0.717, 1.165) is 94.7 Å². The van der Waals surface area contributed by atoms with Gasteiger partial charge in [0.15, 0.2) is 0 Å². The van der Waals surface area contributed by atoms with Crippen LogP contribution in [-0.2, 0) is 22.1 Å². The fourth-order valence-electron chi connectivity index (χ4n) is 8.29. The summed E-state index contributed by atoms with van der Waals surface area (Å²) in [6, 6.07) is 12.0. The van der Waals surface area contributed by atoms with Crippen molar-refractivity contribution in [1.29, 1.82) is 0 Å². The van der Waals surface area contributed by atoms with Crippen LogP contribution in [0.3, 0.4) is 0 Å². The Morgan fingerprint density at radius 1 is 1.04 bits per heavy atom. The number of aryl methyl sites for hydroxylation is 1. The molecular formula is C40H57ClN4O4S. The second-order valence-corrected chi connectivity index (χ2v) is 17.0. The summed E-state index contributed by atoms with van der Waals surface area (Å²) in [4.78, 5) is 21.2. The number of methoxy groups -OCH3 is 1. The number of rotatable bonds is 8. The molecular weight excluding hydrogens is 668 g/mol. The highest BCUT2D eigenvalue weighted by Crippen LogP contribution is 2.44. The highest BCUT2D eigenvalue weighted by Gasteiger charge is 2.39. The standard InChI is InChI=1S/C40H57ClN4O4S/c1-5-7-30-22-35(41)12-14-36(30)34-26-45-25-33-10-13-37(33)32(24-44-18-16-43(17-19-44)20-21-48-4)9-6-8-28(2)29(3)50(47)42-40(46)31-11-15-39(49-27-34)38(45)23-31/h6,9,11-12,14-15,22-23,28-29,32-34,37H,5,7-8,10,13,16-21,24-27H2,1-4H3,(H,42,46)/b9-6+. The molecule has 1 aliphatic carbocycles. The average Bonchev–Trinajstić information content (AvgIpc) is 3.28. The minimum absolute atomic E-state index is 0.155. The number of hydrogen-bond acceptors (Lipinski definition) is 7. The number of piperazine rings is 1. The molecule has 2 bridgehead atoms. The van der Waals surface area contributed by atoms with Crippen LogP contribution in [0.4, 0.5) is 5.69 Å². The lowest BCUT2D eigenvalue weighted by molar-refractivity contribution is 0.0642. The fraction of sp³-hybridized carbons (Fsp3) is 0.625. The number of hydrogen-bond donors (Lipinski definition) is 1. The van der Waals surface area contributed by atoms with Gasteiger partial charge in [0, 0.05) is 76.0 Å². The van der Waals surface area contributed by atoms with Gasteiger partial charge >= 0.3 is 0 Å². The number of fused-ring (bicyclic) bond motifs is 2. The van der Waals surface area contributed by atoms with E-state index in [9.17, 15) is 9.00 Å². The van der Waals surface area contributed by atoms with Crippen LogP contribution in [0.15, 0.2) is 48.6 Å². The highest BCUT2D eigenvalue weighted by molar-refractivity contribution is 7.84. The van der Waals surface area contributed by atoms with Crippen molar-refractivity contribution in [3.05, 3.63) is 70.3 Å². The normalized spacial score (nSPS) is 30.4. The monoisotopic (exact) mass is 724 g/mol. The minimum atomic E-state index is -1.50. The van der Waals surface area contributed by atoms with Crippen LogP contribution < -0.4 is 14.4 Å². The van der Waals surface area contributed by atoms with Crippen molar-refractivity contribution in [3.8, 4) is 5.75 Å². The molecule has 7 unspecified atom stereocenters. The molecule has 1 N–H and O–H groups in total. The molecule has 50 heavy (non-hydrogen) atoms. The van der Waals surface area contributed by atoms with Crippen molar-refractivity contribution in [1.82, 2.24) is 14.5 Å². The molecule has 10 heteroatoms. The molecule has 1 saturated carbocycles. The first-order chi connectivity index (χ1) is 24.2. The van der Waals surface area contributed by atoms with E-state index in [2.05, 4.69) is 57.6 Å². The van der Waals surface area contributed by atoms with Crippen LogP contribution >= 0.6 is 11.6 Å². The number of allylic oxidation sites excluding steroid dienone is 1. The van der Waals surface area contributed by atoms with Gasteiger partial charge in [-0.05, 0) is 97.7 Å². The maximum Gasteiger partial charge on any atom is 0.263 e. The van der Waals surface area contributed by atoms with Crippen LogP contribution in [0.1, 0.15) is 73.9 Å². The third-order valence-corrected chi connectivity index (χ3v) is 13.5. The Morgan fingerprint density at radius 2 is 1.84 bits per heavy atom. The molecule has 0 aromatic heterocycles. The Balaban J connectivity index is 1.31. The van der Waals surface area contributed by atoms with Crippen LogP contribution in [-0.4, -0.2) is 97.8 Å². The number of benzene rings is 2. The SMILES string of the molecule is CCCc1cc(Cl)ccc1C1COc2ccc3cc2N(C1)CC1CCC1C(CN1CCN(CCOC)CC1)/C=C/CC(C)C(C)S(=O)NC3=O. The molecule has 6 rings (SSSR count). The molecule has 1 amide bonds. The van der Waals surface area contributed by atoms with Crippen molar-refractivity contribution >= 4 is 34.2 Å². The van der Waals surface area contributed by atoms with Gasteiger partial charge < -0.3 is 19.3 Å². The number of nitrogens with one attached hydrogen (secondary N) is 1. The van der Waals surface area contributed by atoms with Crippen LogP contribution in [0, 0.1) is 23.7 Å². The van der Waals surface area contributed by atoms with E-state index in [1.807, 2.05) is 31.2 Å². The lowest BCUT2D eigenvalue weighted by Gasteiger charge is -2.46. The quantitative estimate of drug-likeness (QED) is 0.310. The number of anilines is 1. The van der Waals surface area contributed by atoms with E-state index < -0.39 is 11.0 Å². The summed E-state index contributed by atoms with van der Waals surface area (Å²) in [7, 11) is 0.276. The second kappa shape index (κ2) is 17.4. The summed E-state index contributed by atoms with van der Waals surface area (Å²) in [6.07, 6.45) is 10.1. The van der Waals surface area contributed by atoms with Crippen LogP contribution in [0.2, 0.25) is 5.02 Å². The summed E-state index contributed by atoms with van der Waals surface area (Å²) >= 11 is 6.49. The Labute approximate surface area is 307 Å².